The molecule has 16 heavy (non-hydrogen) atoms. The molecular formula is C14H24O2. The Balaban J connectivity index is 2.56. The van der Waals surface area contributed by atoms with Gasteiger partial charge >= 0.3 is 5.97 Å². The second-order valence-electron chi connectivity index (χ2n) is 5.73. The van der Waals surface area contributed by atoms with Crippen molar-refractivity contribution in [3.63, 3.8) is 0 Å². The van der Waals surface area contributed by atoms with Crippen LogP contribution in [-0.2, 0) is 9.53 Å². The average Bonchev–Trinajstić information content (AvgIpc) is 2.17. The van der Waals surface area contributed by atoms with E-state index < -0.39 is 0 Å². The zero-order chi connectivity index (χ0) is 12.3. The van der Waals surface area contributed by atoms with E-state index in [0.29, 0.717) is 11.5 Å². The van der Waals surface area contributed by atoms with Crippen molar-refractivity contribution < 1.29 is 9.53 Å². The van der Waals surface area contributed by atoms with Crippen LogP contribution < -0.4 is 0 Å². The summed E-state index contributed by atoms with van der Waals surface area (Å²) in [6, 6.07) is 0. The lowest BCUT2D eigenvalue weighted by molar-refractivity contribution is -0.158. The molecule has 0 amide bonds. The number of rotatable bonds is 3. The zero-order valence-corrected chi connectivity index (χ0v) is 11.0. The average molecular weight is 224 g/mol. The molecule has 0 radical (unpaired) electrons. The molecule has 2 heteroatoms. The minimum atomic E-state index is -0.351. The third-order valence-corrected chi connectivity index (χ3v) is 3.70. The van der Waals surface area contributed by atoms with Gasteiger partial charge in [0.2, 0.25) is 0 Å². The Bertz CT molecular complexity index is 270. The summed E-state index contributed by atoms with van der Waals surface area (Å²) in [4.78, 5) is 11.5. The van der Waals surface area contributed by atoms with Gasteiger partial charge in [-0.2, -0.15) is 0 Å². The Hall–Kier alpha value is -0.790. The smallest absolute Gasteiger partial charge is 0.333 e. The number of esters is 1. The van der Waals surface area contributed by atoms with Gasteiger partial charge in [0.1, 0.15) is 5.60 Å². The van der Waals surface area contributed by atoms with Crippen LogP contribution in [0.25, 0.3) is 0 Å². The van der Waals surface area contributed by atoms with Crippen molar-refractivity contribution in [3.05, 3.63) is 12.2 Å². The van der Waals surface area contributed by atoms with Crippen LogP contribution in [-0.4, -0.2) is 11.6 Å². The summed E-state index contributed by atoms with van der Waals surface area (Å²) >= 11 is 0. The van der Waals surface area contributed by atoms with Crippen LogP contribution in [0.3, 0.4) is 0 Å². The Morgan fingerprint density at radius 2 is 1.75 bits per heavy atom. The van der Waals surface area contributed by atoms with Gasteiger partial charge < -0.3 is 4.74 Å². The molecule has 0 saturated heterocycles. The molecule has 1 fully saturated rings. The fraction of sp³-hybridized carbons (Fsp3) is 0.786. The number of carbonyl (C=O) groups excluding carboxylic acids is 1. The molecule has 1 aliphatic rings. The van der Waals surface area contributed by atoms with Crippen LogP contribution in [0.5, 0.6) is 0 Å². The van der Waals surface area contributed by atoms with Crippen molar-refractivity contribution >= 4 is 5.97 Å². The molecule has 1 rings (SSSR count). The second kappa shape index (κ2) is 5.03. The maximum atomic E-state index is 11.5. The molecule has 0 spiro atoms. The molecular weight excluding hydrogens is 200 g/mol. The topological polar surface area (TPSA) is 26.3 Å². The molecule has 0 aromatic rings. The lowest BCUT2D eigenvalue weighted by Crippen LogP contribution is -2.38. The van der Waals surface area contributed by atoms with Crippen molar-refractivity contribution in [1.29, 1.82) is 0 Å². The van der Waals surface area contributed by atoms with Gasteiger partial charge in [-0.25, -0.2) is 4.79 Å². The van der Waals surface area contributed by atoms with E-state index in [4.69, 9.17) is 4.74 Å². The number of carbonyl (C=O) groups is 1. The Morgan fingerprint density at radius 1 is 1.25 bits per heavy atom. The number of ether oxygens (including phenoxy) is 1. The van der Waals surface area contributed by atoms with Crippen molar-refractivity contribution in [2.45, 2.75) is 59.0 Å². The third-order valence-electron chi connectivity index (χ3n) is 3.70. The first-order valence-corrected chi connectivity index (χ1v) is 6.21. The van der Waals surface area contributed by atoms with Crippen LogP contribution >= 0.6 is 0 Å². The summed E-state index contributed by atoms with van der Waals surface area (Å²) in [6.07, 6.45) is 4.83. The van der Waals surface area contributed by atoms with E-state index in [1.807, 2.05) is 13.8 Å². The third kappa shape index (κ3) is 3.36. The van der Waals surface area contributed by atoms with E-state index >= 15 is 0 Å². The van der Waals surface area contributed by atoms with Gasteiger partial charge in [0.25, 0.3) is 0 Å². The molecule has 2 nitrogen and oxygen atoms in total. The molecule has 0 heterocycles. The summed E-state index contributed by atoms with van der Waals surface area (Å²) in [6.45, 7) is 11.7. The fourth-order valence-corrected chi connectivity index (χ4v) is 2.36. The molecule has 0 aromatic heterocycles. The normalized spacial score (nSPS) is 26.2. The van der Waals surface area contributed by atoms with Crippen molar-refractivity contribution in [2.75, 3.05) is 0 Å². The molecule has 1 saturated carbocycles. The molecule has 0 bridgehead atoms. The van der Waals surface area contributed by atoms with E-state index in [0.717, 1.165) is 18.8 Å². The molecule has 92 valence electrons. The summed E-state index contributed by atoms with van der Waals surface area (Å²) in [5.41, 5.74) is 0.133. The minimum absolute atomic E-state index is 0.261. The Labute approximate surface area is 99.1 Å². The largest absolute Gasteiger partial charge is 0.456 e. The van der Waals surface area contributed by atoms with Crippen molar-refractivity contribution in [3.8, 4) is 0 Å². The lowest BCUT2D eigenvalue weighted by Gasteiger charge is -2.38. The summed E-state index contributed by atoms with van der Waals surface area (Å²) in [5.74, 6) is 1.06. The standard InChI is InChI=1S/C14H24O2/c1-10(2)13(15)16-14(4,5)12-8-6-11(3)7-9-12/h11-12H,1,6-9H2,2-5H3. The maximum Gasteiger partial charge on any atom is 0.333 e. The van der Waals surface area contributed by atoms with Crippen LogP contribution in [0.4, 0.5) is 0 Å². The quantitative estimate of drug-likeness (QED) is 0.539. The van der Waals surface area contributed by atoms with Gasteiger partial charge in [-0.1, -0.05) is 26.3 Å². The van der Waals surface area contributed by atoms with E-state index in [1.165, 1.54) is 12.8 Å². The highest BCUT2D eigenvalue weighted by molar-refractivity contribution is 5.87. The van der Waals surface area contributed by atoms with Gasteiger partial charge in [0.15, 0.2) is 0 Å². The predicted octanol–water partition coefficient (Wildman–Crippen LogP) is 3.71. The monoisotopic (exact) mass is 224 g/mol. The highest BCUT2D eigenvalue weighted by atomic mass is 16.6. The molecule has 0 aliphatic heterocycles. The predicted molar refractivity (Wildman–Crippen MR) is 66.1 cm³/mol. The van der Waals surface area contributed by atoms with Crippen LogP contribution in [0, 0.1) is 11.8 Å². The summed E-state index contributed by atoms with van der Waals surface area (Å²) < 4.78 is 5.54. The Kier molecular flexibility index (Phi) is 4.17. The van der Waals surface area contributed by atoms with Gasteiger partial charge in [-0.15, -0.1) is 0 Å². The van der Waals surface area contributed by atoms with E-state index in [2.05, 4.69) is 13.5 Å². The molecule has 0 unspecified atom stereocenters. The van der Waals surface area contributed by atoms with Crippen LogP contribution in [0.15, 0.2) is 12.2 Å². The lowest BCUT2D eigenvalue weighted by atomic mass is 9.75. The molecule has 0 aromatic carbocycles. The zero-order valence-electron chi connectivity index (χ0n) is 11.0. The first-order chi connectivity index (χ1) is 7.33. The number of hydrogen-bond acceptors (Lipinski definition) is 2. The molecule has 0 atom stereocenters. The van der Waals surface area contributed by atoms with Gasteiger partial charge in [-0.05, 0) is 45.4 Å². The van der Waals surface area contributed by atoms with Gasteiger partial charge in [-0.3, -0.25) is 0 Å². The van der Waals surface area contributed by atoms with Gasteiger partial charge in [0, 0.05) is 5.57 Å². The van der Waals surface area contributed by atoms with Gasteiger partial charge in [0.05, 0.1) is 0 Å². The highest BCUT2D eigenvalue weighted by Crippen LogP contribution is 2.37. The number of hydrogen-bond donors (Lipinski definition) is 0. The maximum absolute atomic E-state index is 11.5. The van der Waals surface area contributed by atoms with Crippen LogP contribution in [0.2, 0.25) is 0 Å². The molecule has 1 aliphatic carbocycles. The van der Waals surface area contributed by atoms with Crippen molar-refractivity contribution in [1.82, 2.24) is 0 Å². The SMILES string of the molecule is C=C(C)C(=O)OC(C)(C)C1CCC(C)CC1. The van der Waals surface area contributed by atoms with Crippen LogP contribution in [0.1, 0.15) is 53.4 Å². The Morgan fingerprint density at radius 3 is 2.19 bits per heavy atom. The van der Waals surface area contributed by atoms with E-state index in [1.54, 1.807) is 6.92 Å². The summed E-state index contributed by atoms with van der Waals surface area (Å²) in [7, 11) is 0. The summed E-state index contributed by atoms with van der Waals surface area (Å²) in [5, 5.41) is 0. The fourth-order valence-electron chi connectivity index (χ4n) is 2.36. The molecule has 0 N–H and O–H groups in total. The van der Waals surface area contributed by atoms with E-state index in [9.17, 15) is 4.79 Å². The van der Waals surface area contributed by atoms with Crippen molar-refractivity contribution in [2.24, 2.45) is 11.8 Å². The first kappa shape index (κ1) is 13.3. The second-order valence-corrected chi connectivity index (χ2v) is 5.73. The highest BCUT2D eigenvalue weighted by Gasteiger charge is 2.35. The van der Waals surface area contributed by atoms with E-state index in [-0.39, 0.29) is 11.6 Å². The first-order valence-electron chi connectivity index (χ1n) is 6.21. The minimum Gasteiger partial charge on any atom is -0.456 e.